The lowest BCUT2D eigenvalue weighted by Crippen LogP contribution is -2.65. The predicted octanol–water partition coefficient (Wildman–Crippen LogP) is 1.91. The van der Waals surface area contributed by atoms with Gasteiger partial charge in [0.25, 0.3) is 6.29 Å². The van der Waals surface area contributed by atoms with E-state index in [1.807, 2.05) is 0 Å². The molecule has 21 heteroatoms. The lowest BCUT2D eigenvalue weighted by atomic mass is 9.33. The van der Waals surface area contributed by atoms with Gasteiger partial charge >= 0.3 is 17.9 Å². The van der Waals surface area contributed by atoms with Crippen LogP contribution in [0.4, 0.5) is 0 Å². The number of esters is 3. The van der Waals surface area contributed by atoms with Crippen molar-refractivity contribution in [3.8, 4) is 0 Å². The van der Waals surface area contributed by atoms with Crippen LogP contribution in [0.15, 0.2) is 16.9 Å². The van der Waals surface area contributed by atoms with Gasteiger partial charge in [-0.05, 0) is 104 Å². The normalized spacial score (nSPS) is 44.2. The van der Waals surface area contributed by atoms with E-state index in [1.54, 1.807) is 0 Å². The summed E-state index contributed by atoms with van der Waals surface area (Å²) in [6.07, 6.45) is -6.31. The monoisotopic (exact) mass is 998 g/mol. The minimum absolute atomic E-state index is 0.00344. The Morgan fingerprint density at radius 1 is 0.757 bits per heavy atom. The lowest BCUT2D eigenvalue weighted by molar-refractivity contribution is -0.708. The maximum Gasteiger partial charge on any atom is 0.315 e. The smallest absolute Gasteiger partial charge is 0.315 e. The van der Waals surface area contributed by atoms with Crippen molar-refractivity contribution in [1.29, 1.82) is 0 Å². The molecule has 18 atom stereocenters. The molecule has 8 N–H and O–H groups in total. The van der Waals surface area contributed by atoms with Crippen LogP contribution in [0.5, 0.6) is 0 Å². The number of carbonyl (C=O) groups is 3. The Morgan fingerprint density at radius 3 is 2.00 bits per heavy atom. The van der Waals surface area contributed by atoms with Crippen LogP contribution in [0.25, 0.3) is 0 Å². The van der Waals surface area contributed by atoms with E-state index in [0.717, 1.165) is 50.0 Å². The molecule has 2 heterocycles. The van der Waals surface area contributed by atoms with Gasteiger partial charge < -0.3 is 74.6 Å². The Kier molecular flexibility index (Phi) is 15.8. The molecule has 0 radical (unpaired) electrons. The molecule has 2 saturated heterocycles. The highest BCUT2D eigenvalue weighted by Crippen LogP contribution is 2.76. The molecule has 398 valence electrons. The zero-order valence-corrected chi connectivity index (χ0v) is 42.0. The largest absolute Gasteiger partial charge is 0.569 e. The topological polar surface area (TPSA) is 310 Å². The lowest BCUT2D eigenvalue weighted by Gasteiger charge is -2.71. The van der Waals surface area contributed by atoms with Gasteiger partial charge in [-0.3, -0.25) is 14.4 Å². The fourth-order valence-electron chi connectivity index (χ4n) is 14.4. The van der Waals surface area contributed by atoms with Crippen molar-refractivity contribution >= 4 is 17.9 Å². The van der Waals surface area contributed by atoms with Crippen LogP contribution in [0, 0.1) is 55.5 Å². The van der Waals surface area contributed by atoms with Crippen molar-refractivity contribution in [2.24, 2.45) is 55.5 Å². The highest BCUT2D eigenvalue weighted by atomic mass is 16.8. The van der Waals surface area contributed by atoms with Gasteiger partial charge in [-0.2, -0.15) is 0 Å². The number of aliphatic hydroxyl groups is 8. The Labute approximate surface area is 409 Å². The summed E-state index contributed by atoms with van der Waals surface area (Å²) in [5, 5.41) is 97.3. The summed E-state index contributed by atoms with van der Waals surface area (Å²) in [4.78, 5) is 45.5. The Bertz CT molecular complexity index is 1980. The molecule has 70 heavy (non-hydrogen) atoms. The molecule has 7 rings (SSSR count). The number of aliphatic hydroxyl groups excluding tert-OH is 8. The standard InChI is InChI=1S/C49H79N3O18/c1-44(2)17-19-49(43(63)69-41-39(61)37(59)35(57)28(24-53)66-41)20-18-47(6)26(27(49)23-44)9-10-31-46(5)15-14-32(45(3,4)30(46)13-16-48(31,47)7)68-34(56)12-11-33(55)65-22-21-51(8)52(64)50-70-42-40(62)38(60)36(58)29(25-54)67-42/h9,27-32,35-42,53-54,57-62H,10-25H2,1-8H3/b52-50-/t27-,28+,29+,30-,31+,32-,35+,36-,37-,38-,39+,40+,41-,42-,46-,47+,48+,49-/m0/s1. The summed E-state index contributed by atoms with van der Waals surface area (Å²) < 4.78 is 28.2. The van der Waals surface area contributed by atoms with E-state index >= 15 is 0 Å². The number of allylic oxidation sites excluding steroid dienone is 2. The molecule has 0 spiro atoms. The average Bonchev–Trinajstić information content (AvgIpc) is 3.30. The number of fused-ring (bicyclic) bond motifs is 7. The van der Waals surface area contributed by atoms with Crippen molar-refractivity contribution in [2.45, 2.75) is 193 Å². The van der Waals surface area contributed by atoms with E-state index in [-0.39, 0.29) is 76.0 Å². The summed E-state index contributed by atoms with van der Waals surface area (Å²) in [5.74, 6) is -1.24. The molecule has 4 saturated carbocycles. The zero-order valence-electron chi connectivity index (χ0n) is 42.0. The second kappa shape index (κ2) is 20.2. The van der Waals surface area contributed by atoms with Crippen LogP contribution < -0.4 is 0 Å². The molecule has 0 aromatic carbocycles. The van der Waals surface area contributed by atoms with Gasteiger partial charge in [-0.1, -0.05) is 60.1 Å². The number of hydrazine groups is 1. The summed E-state index contributed by atoms with van der Waals surface area (Å²) in [7, 11) is 1.32. The third kappa shape index (κ3) is 9.58. The van der Waals surface area contributed by atoms with Gasteiger partial charge in [0, 0.05) is 5.41 Å². The molecule has 0 aromatic rings. The van der Waals surface area contributed by atoms with Crippen LogP contribution >= 0.6 is 0 Å². The third-order valence-corrected chi connectivity index (χ3v) is 18.9. The number of likely N-dealkylation sites (N-methyl/N-ethyl adjacent to an activating group) is 1. The Hall–Kier alpha value is -3.25. The van der Waals surface area contributed by atoms with Crippen molar-refractivity contribution in [3.05, 3.63) is 16.9 Å². The number of nitrogens with zero attached hydrogens (tertiary/aromatic N) is 3. The Balaban J connectivity index is 0.951. The molecule has 0 bridgehead atoms. The Morgan fingerprint density at radius 2 is 1.36 bits per heavy atom. The van der Waals surface area contributed by atoms with Crippen LogP contribution in [-0.4, -0.2) is 170 Å². The minimum Gasteiger partial charge on any atom is -0.569 e. The SMILES string of the molecule is CN(CCOC(=O)CCC(=O)O[C@H]1CC[C@]2(C)[C@H]3CC=C4[C@@H]5CC(C)(C)CC[C@]5(C(=O)O[C@@H]5O[C@H](CO)[C@@H](O)[C@H](O)[C@H]5O)CC[C@@]4(C)[C@]3(C)CC[C@H]2C1(C)C)/[N+]([O-])=N/O[C@@H]1O[C@H](CO)[C@H](O)[C@H](O)[C@H]1O. The maximum atomic E-state index is 14.6. The first-order valence-electron chi connectivity index (χ1n) is 25.1. The quantitative estimate of drug-likeness (QED) is 0.0308. The third-order valence-electron chi connectivity index (χ3n) is 18.9. The van der Waals surface area contributed by atoms with Crippen molar-refractivity contribution in [3.63, 3.8) is 0 Å². The van der Waals surface area contributed by atoms with Crippen molar-refractivity contribution in [2.75, 3.05) is 33.4 Å². The molecule has 0 unspecified atom stereocenters. The van der Waals surface area contributed by atoms with Crippen molar-refractivity contribution < 1.29 is 88.7 Å². The maximum absolute atomic E-state index is 14.6. The summed E-state index contributed by atoms with van der Waals surface area (Å²) >= 11 is 0. The van der Waals surface area contributed by atoms with Crippen LogP contribution in [0.1, 0.15) is 126 Å². The van der Waals surface area contributed by atoms with E-state index in [0.29, 0.717) is 25.2 Å². The summed E-state index contributed by atoms with van der Waals surface area (Å²) in [6, 6.07) is 0. The fraction of sp³-hybridized carbons (Fsp3) is 0.898. The molecule has 0 aromatic heterocycles. The van der Waals surface area contributed by atoms with E-state index in [9.17, 15) is 60.4 Å². The molecular formula is C49H79N3O18. The molecule has 0 amide bonds. The number of carbonyl (C=O) groups excluding carboxylic acids is 3. The molecule has 6 fully saturated rings. The van der Waals surface area contributed by atoms with E-state index in [2.05, 4.69) is 59.8 Å². The summed E-state index contributed by atoms with van der Waals surface area (Å²) in [5.41, 5.74) is -0.452. The van der Waals surface area contributed by atoms with Crippen molar-refractivity contribution in [1.82, 2.24) is 5.01 Å². The molecule has 2 aliphatic heterocycles. The van der Waals surface area contributed by atoms with Gasteiger partial charge in [-0.15, -0.1) is 5.01 Å². The van der Waals surface area contributed by atoms with Gasteiger partial charge in [0.05, 0.1) is 43.5 Å². The molecule has 7 aliphatic rings. The van der Waals surface area contributed by atoms with Gasteiger partial charge in [0.1, 0.15) is 68.1 Å². The second-order valence-electron chi connectivity index (χ2n) is 23.6. The molecular weight excluding hydrogens is 919 g/mol. The summed E-state index contributed by atoms with van der Waals surface area (Å²) in [6.45, 7) is 14.4. The van der Waals surface area contributed by atoms with E-state index < -0.39 is 97.9 Å². The number of rotatable bonds is 14. The second-order valence-corrected chi connectivity index (χ2v) is 23.6. The highest BCUT2D eigenvalue weighted by molar-refractivity contribution is 5.79. The predicted molar refractivity (Wildman–Crippen MR) is 243 cm³/mol. The number of hydrogen-bond acceptors (Lipinski definition) is 19. The van der Waals surface area contributed by atoms with Crippen LogP contribution in [-0.2, 0) is 42.9 Å². The van der Waals surface area contributed by atoms with E-state index in [4.69, 9.17) is 28.5 Å². The first kappa shape index (κ1) is 54.5. The molecule has 21 nitrogen and oxygen atoms in total. The van der Waals surface area contributed by atoms with E-state index in [1.165, 1.54) is 12.6 Å². The minimum atomic E-state index is -1.76. The van der Waals surface area contributed by atoms with Gasteiger partial charge in [0.2, 0.25) is 11.6 Å². The van der Waals surface area contributed by atoms with Crippen LogP contribution in [0.3, 0.4) is 0 Å². The van der Waals surface area contributed by atoms with Gasteiger partial charge in [0.15, 0.2) is 0 Å². The van der Waals surface area contributed by atoms with Gasteiger partial charge in [-0.25, -0.2) is 0 Å². The highest BCUT2D eigenvalue weighted by Gasteiger charge is 2.70. The fourth-order valence-corrected chi connectivity index (χ4v) is 14.4. The van der Waals surface area contributed by atoms with Crippen LogP contribution in [0.2, 0.25) is 0 Å². The number of ether oxygens (including phenoxy) is 5. The first-order valence-corrected chi connectivity index (χ1v) is 25.1. The first-order chi connectivity index (χ1) is 32.7. The molecule has 5 aliphatic carbocycles. The zero-order chi connectivity index (χ0) is 51.5. The number of hydrogen-bond donors (Lipinski definition) is 8. The average molecular weight is 998 g/mol.